The Labute approximate surface area is 124 Å². The zero-order valence-electron chi connectivity index (χ0n) is 12.6. The third-order valence-electron chi connectivity index (χ3n) is 3.78. The average molecular weight is 270 g/mol. The summed E-state index contributed by atoms with van der Waals surface area (Å²) in [7, 11) is 0. The second kappa shape index (κ2) is 9.33. The maximum absolute atomic E-state index is 3.88. The number of nitrogens with zero attached hydrogens (tertiary/aromatic N) is 1. The molecule has 0 aliphatic carbocycles. The van der Waals surface area contributed by atoms with Crippen LogP contribution in [0.4, 0.5) is 0 Å². The molecule has 0 saturated heterocycles. The predicted molar refractivity (Wildman–Crippen MR) is 89.4 cm³/mol. The molecule has 1 aromatic rings. The van der Waals surface area contributed by atoms with Gasteiger partial charge in [-0.2, -0.15) is 0 Å². The fourth-order valence-electron chi connectivity index (χ4n) is 2.64. The molecule has 1 heteroatoms. The lowest BCUT2D eigenvalue weighted by Gasteiger charge is -2.38. The molecule has 0 aliphatic rings. The topological polar surface area (TPSA) is 0 Å². The van der Waals surface area contributed by atoms with Crippen molar-refractivity contribution in [1.82, 2.24) is 0 Å². The summed E-state index contributed by atoms with van der Waals surface area (Å²) >= 11 is 0. The van der Waals surface area contributed by atoms with Crippen LogP contribution in [-0.4, -0.2) is 24.1 Å². The summed E-state index contributed by atoms with van der Waals surface area (Å²) in [6.45, 7) is 16.1. The van der Waals surface area contributed by atoms with Gasteiger partial charge in [0.25, 0.3) is 0 Å². The highest BCUT2D eigenvalue weighted by Gasteiger charge is 2.25. The second-order valence-corrected chi connectivity index (χ2v) is 5.39. The van der Waals surface area contributed by atoms with Gasteiger partial charge in [0.15, 0.2) is 0 Å². The summed E-state index contributed by atoms with van der Waals surface area (Å²) in [6, 6.07) is 10.8. The molecule has 0 radical (unpaired) electrons. The summed E-state index contributed by atoms with van der Waals surface area (Å²) in [5.74, 6) is 0. The zero-order chi connectivity index (χ0) is 14.7. The lowest BCUT2D eigenvalue weighted by atomic mass is 10.1. The van der Waals surface area contributed by atoms with Crippen LogP contribution in [0.25, 0.3) is 0 Å². The molecule has 1 aromatic carbocycles. The minimum absolute atomic E-state index is 1.06. The van der Waals surface area contributed by atoms with Gasteiger partial charge in [-0.1, -0.05) is 48.6 Å². The Balaban J connectivity index is 2.88. The maximum Gasteiger partial charge on any atom is 0.104 e. The van der Waals surface area contributed by atoms with Gasteiger partial charge in [-0.05, 0) is 0 Å². The van der Waals surface area contributed by atoms with Crippen LogP contribution < -0.4 is 0 Å². The van der Waals surface area contributed by atoms with E-state index in [9.17, 15) is 0 Å². The first-order valence-corrected chi connectivity index (χ1v) is 7.48. The van der Waals surface area contributed by atoms with Crippen molar-refractivity contribution in [3.63, 3.8) is 0 Å². The minimum atomic E-state index is 1.06. The highest BCUT2D eigenvalue weighted by molar-refractivity contribution is 5.13. The first kappa shape index (κ1) is 16.5. The summed E-state index contributed by atoms with van der Waals surface area (Å²) in [4.78, 5) is 0. The van der Waals surface area contributed by atoms with E-state index in [2.05, 4.69) is 50.1 Å². The third kappa shape index (κ3) is 5.58. The van der Waals surface area contributed by atoms with E-state index in [4.69, 9.17) is 0 Å². The normalized spacial score (nSPS) is 11.0. The molecule has 0 N–H and O–H groups in total. The van der Waals surface area contributed by atoms with E-state index < -0.39 is 0 Å². The molecular weight excluding hydrogens is 242 g/mol. The number of quaternary nitrogens is 1. The van der Waals surface area contributed by atoms with Crippen LogP contribution in [0.1, 0.15) is 24.8 Å². The van der Waals surface area contributed by atoms with Gasteiger partial charge in [-0.25, -0.2) is 0 Å². The Hall–Kier alpha value is -1.60. The van der Waals surface area contributed by atoms with Gasteiger partial charge in [0.05, 0.1) is 19.6 Å². The number of rotatable bonds is 11. The molecule has 108 valence electrons. The molecule has 1 nitrogen and oxygen atoms in total. The van der Waals surface area contributed by atoms with Crippen LogP contribution in [0, 0.1) is 0 Å². The number of hydrogen-bond acceptors (Lipinski definition) is 0. The molecule has 1 rings (SSSR count). The zero-order valence-corrected chi connectivity index (χ0v) is 12.6. The molecule has 0 spiro atoms. The van der Waals surface area contributed by atoms with Crippen molar-refractivity contribution in [2.45, 2.75) is 25.8 Å². The summed E-state index contributed by atoms with van der Waals surface area (Å²) in [5, 5.41) is 0. The highest BCUT2D eigenvalue weighted by atomic mass is 15.3. The van der Waals surface area contributed by atoms with Gasteiger partial charge in [0.1, 0.15) is 6.54 Å². The van der Waals surface area contributed by atoms with Crippen molar-refractivity contribution in [2.75, 3.05) is 19.6 Å². The predicted octanol–water partition coefficient (Wildman–Crippen LogP) is 4.73. The first-order valence-electron chi connectivity index (χ1n) is 7.48. The van der Waals surface area contributed by atoms with Crippen molar-refractivity contribution in [3.8, 4) is 0 Å². The Morgan fingerprint density at radius 2 is 1.20 bits per heavy atom. The molecule has 0 unspecified atom stereocenters. The fraction of sp³-hybridized carbons (Fsp3) is 0.368. The van der Waals surface area contributed by atoms with E-state index >= 15 is 0 Å². The molecule has 0 bridgehead atoms. The average Bonchev–Trinajstić information content (AvgIpc) is 2.49. The highest BCUT2D eigenvalue weighted by Crippen LogP contribution is 2.18. The SMILES string of the molecule is C=CCC[N+](CCC=C)(CCC=C)Cc1ccccc1. The van der Waals surface area contributed by atoms with E-state index in [0.29, 0.717) is 0 Å². The van der Waals surface area contributed by atoms with Crippen LogP contribution >= 0.6 is 0 Å². The van der Waals surface area contributed by atoms with Crippen molar-refractivity contribution in [3.05, 3.63) is 73.9 Å². The van der Waals surface area contributed by atoms with Gasteiger partial charge in [0, 0.05) is 24.8 Å². The Morgan fingerprint density at radius 1 is 0.750 bits per heavy atom. The Kier molecular flexibility index (Phi) is 7.67. The monoisotopic (exact) mass is 270 g/mol. The van der Waals surface area contributed by atoms with Crippen molar-refractivity contribution >= 4 is 0 Å². The number of benzene rings is 1. The second-order valence-electron chi connectivity index (χ2n) is 5.39. The fourth-order valence-corrected chi connectivity index (χ4v) is 2.64. The van der Waals surface area contributed by atoms with Crippen molar-refractivity contribution < 1.29 is 4.48 Å². The third-order valence-corrected chi connectivity index (χ3v) is 3.78. The molecule has 0 aliphatic heterocycles. The Bertz CT molecular complexity index is 374. The molecular formula is C19H28N+. The molecule has 0 aromatic heterocycles. The molecule has 0 fully saturated rings. The molecule has 20 heavy (non-hydrogen) atoms. The Morgan fingerprint density at radius 3 is 1.60 bits per heavy atom. The van der Waals surface area contributed by atoms with Crippen LogP contribution in [0.5, 0.6) is 0 Å². The minimum Gasteiger partial charge on any atom is -0.319 e. The molecule has 0 amide bonds. The summed E-state index contributed by atoms with van der Waals surface area (Å²) < 4.78 is 1.09. The maximum atomic E-state index is 3.88. The van der Waals surface area contributed by atoms with Gasteiger partial charge < -0.3 is 4.48 Å². The lowest BCUT2D eigenvalue weighted by Crippen LogP contribution is -2.49. The van der Waals surface area contributed by atoms with Crippen LogP contribution in [0.3, 0.4) is 0 Å². The van der Waals surface area contributed by atoms with Crippen LogP contribution in [0.15, 0.2) is 68.3 Å². The molecule has 0 saturated carbocycles. The van der Waals surface area contributed by atoms with Gasteiger partial charge in [0.2, 0.25) is 0 Å². The van der Waals surface area contributed by atoms with E-state index in [0.717, 1.165) is 49.9 Å². The van der Waals surface area contributed by atoms with Crippen molar-refractivity contribution in [1.29, 1.82) is 0 Å². The quantitative estimate of drug-likeness (QED) is 0.403. The van der Waals surface area contributed by atoms with Crippen LogP contribution in [-0.2, 0) is 6.54 Å². The standard InChI is InChI=1S/C19H28N/c1-4-7-15-20(16-8-5-2,17-9-6-3)18-19-13-11-10-12-14-19/h4-6,10-14H,1-3,7-9,15-18H2/q+1. The van der Waals surface area contributed by atoms with Crippen LogP contribution in [0.2, 0.25) is 0 Å². The summed E-state index contributed by atoms with van der Waals surface area (Å²) in [5.41, 5.74) is 1.41. The van der Waals surface area contributed by atoms with E-state index in [1.165, 1.54) is 5.56 Å². The van der Waals surface area contributed by atoms with E-state index in [-0.39, 0.29) is 0 Å². The van der Waals surface area contributed by atoms with E-state index in [1.54, 1.807) is 0 Å². The van der Waals surface area contributed by atoms with Gasteiger partial charge >= 0.3 is 0 Å². The van der Waals surface area contributed by atoms with Gasteiger partial charge in [-0.3, -0.25) is 0 Å². The number of hydrogen-bond donors (Lipinski definition) is 0. The first-order chi connectivity index (χ1) is 9.76. The lowest BCUT2D eigenvalue weighted by molar-refractivity contribution is -0.940. The van der Waals surface area contributed by atoms with Gasteiger partial charge in [-0.15, -0.1) is 19.7 Å². The molecule has 0 heterocycles. The summed E-state index contributed by atoms with van der Waals surface area (Å²) in [6.07, 6.45) is 9.25. The molecule has 0 atom stereocenters. The van der Waals surface area contributed by atoms with E-state index in [1.807, 2.05) is 18.2 Å². The largest absolute Gasteiger partial charge is 0.319 e. The van der Waals surface area contributed by atoms with Crippen molar-refractivity contribution in [2.24, 2.45) is 0 Å². The smallest absolute Gasteiger partial charge is 0.104 e.